The lowest BCUT2D eigenvalue weighted by atomic mass is 10.1. The van der Waals surface area contributed by atoms with Crippen LogP contribution in [0, 0.1) is 0 Å². The number of likely N-dealkylation sites (N-methyl/N-ethyl adjacent to an activating group) is 1. The molecule has 2 atom stereocenters. The maximum Gasteiger partial charge on any atom is 0.0221 e. The number of piperidine rings is 1. The van der Waals surface area contributed by atoms with E-state index < -0.39 is 0 Å². The Hall–Kier alpha value is -0.120. The van der Waals surface area contributed by atoms with Crippen LogP contribution in [0.25, 0.3) is 0 Å². The molecule has 0 spiro atoms. The highest BCUT2D eigenvalue weighted by Gasteiger charge is 2.25. The zero-order valence-corrected chi connectivity index (χ0v) is 10.2. The highest BCUT2D eigenvalue weighted by Crippen LogP contribution is 2.15. The van der Waals surface area contributed by atoms with Crippen molar-refractivity contribution in [2.75, 3.05) is 39.8 Å². The quantitative estimate of drug-likeness (QED) is 0.691. The van der Waals surface area contributed by atoms with Crippen LogP contribution < -0.4 is 5.32 Å². The van der Waals surface area contributed by atoms with E-state index in [2.05, 4.69) is 29.1 Å². The first kappa shape index (κ1) is 11.4. The average Bonchev–Trinajstić information content (AvgIpc) is 2.43. The summed E-state index contributed by atoms with van der Waals surface area (Å²) in [5.74, 6) is 0. The van der Waals surface area contributed by atoms with Crippen molar-refractivity contribution in [1.29, 1.82) is 0 Å². The second-order valence-electron chi connectivity index (χ2n) is 5.18. The summed E-state index contributed by atoms with van der Waals surface area (Å²) in [7, 11) is 2.26. The van der Waals surface area contributed by atoms with Crippen LogP contribution in [0.5, 0.6) is 0 Å². The molecule has 88 valence electrons. The van der Waals surface area contributed by atoms with Gasteiger partial charge in [0.15, 0.2) is 0 Å². The van der Waals surface area contributed by atoms with E-state index in [1.54, 1.807) is 0 Å². The van der Waals surface area contributed by atoms with Crippen LogP contribution in [0.15, 0.2) is 0 Å². The third kappa shape index (κ3) is 2.92. The molecule has 0 aromatic carbocycles. The smallest absolute Gasteiger partial charge is 0.0221 e. The van der Waals surface area contributed by atoms with Gasteiger partial charge in [0, 0.05) is 25.2 Å². The zero-order chi connectivity index (χ0) is 10.7. The van der Waals surface area contributed by atoms with Crippen molar-refractivity contribution in [2.24, 2.45) is 0 Å². The lowest BCUT2D eigenvalue weighted by Gasteiger charge is -2.35. The fourth-order valence-electron chi connectivity index (χ4n) is 2.79. The molecule has 0 aromatic heterocycles. The molecule has 15 heavy (non-hydrogen) atoms. The predicted molar refractivity (Wildman–Crippen MR) is 64.2 cm³/mol. The van der Waals surface area contributed by atoms with Gasteiger partial charge in [0.1, 0.15) is 0 Å². The normalized spacial score (nSPS) is 36.4. The highest BCUT2D eigenvalue weighted by atomic mass is 15.2. The molecule has 1 N–H and O–H groups in total. The lowest BCUT2D eigenvalue weighted by Crippen LogP contribution is -2.48. The number of rotatable bonds is 1. The molecule has 0 bridgehead atoms. The Kier molecular flexibility index (Phi) is 4.00. The maximum absolute atomic E-state index is 3.52. The fraction of sp³-hybridized carbons (Fsp3) is 1.00. The minimum atomic E-state index is 0.717. The predicted octanol–water partition coefficient (Wildman–Crippen LogP) is 0.764. The molecule has 2 unspecified atom stereocenters. The Morgan fingerprint density at radius 1 is 1.20 bits per heavy atom. The summed E-state index contributed by atoms with van der Waals surface area (Å²) in [6, 6.07) is 1.52. The SMILES string of the molecule is CC1CN(C2CCCNC2)CCCN1C. The molecule has 2 rings (SSSR count). The lowest BCUT2D eigenvalue weighted by molar-refractivity contribution is 0.150. The van der Waals surface area contributed by atoms with Crippen LogP contribution in [-0.4, -0.2) is 61.7 Å². The van der Waals surface area contributed by atoms with Crippen molar-refractivity contribution >= 4 is 0 Å². The summed E-state index contributed by atoms with van der Waals surface area (Å²) in [6.45, 7) is 8.59. The number of hydrogen-bond donors (Lipinski definition) is 1. The Bertz CT molecular complexity index is 189. The third-order valence-corrected chi connectivity index (χ3v) is 3.99. The summed E-state index contributed by atoms with van der Waals surface area (Å²) < 4.78 is 0. The Morgan fingerprint density at radius 2 is 2.07 bits per heavy atom. The van der Waals surface area contributed by atoms with Crippen molar-refractivity contribution in [3.05, 3.63) is 0 Å². The van der Waals surface area contributed by atoms with Crippen LogP contribution in [0.1, 0.15) is 26.2 Å². The van der Waals surface area contributed by atoms with E-state index in [1.165, 1.54) is 52.0 Å². The van der Waals surface area contributed by atoms with Gasteiger partial charge in [0.05, 0.1) is 0 Å². The topological polar surface area (TPSA) is 18.5 Å². The first-order chi connectivity index (χ1) is 7.27. The molecule has 0 saturated carbocycles. The molecule has 3 heteroatoms. The molecule has 2 aliphatic rings. The van der Waals surface area contributed by atoms with Gasteiger partial charge in [-0.05, 0) is 52.9 Å². The summed E-state index contributed by atoms with van der Waals surface area (Å²) in [5, 5.41) is 3.52. The molecular weight excluding hydrogens is 186 g/mol. The van der Waals surface area contributed by atoms with Gasteiger partial charge >= 0.3 is 0 Å². The molecule has 2 fully saturated rings. The molecule has 0 aliphatic carbocycles. The molecule has 2 heterocycles. The standard InChI is InChI=1S/C12H25N3/c1-11-10-15(8-4-7-14(11)2)12-5-3-6-13-9-12/h11-13H,3-10H2,1-2H3. The van der Waals surface area contributed by atoms with Crippen molar-refractivity contribution in [2.45, 2.75) is 38.3 Å². The zero-order valence-electron chi connectivity index (χ0n) is 10.2. The van der Waals surface area contributed by atoms with Gasteiger partial charge in [-0.15, -0.1) is 0 Å². The fourth-order valence-corrected chi connectivity index (χ4v) is 2.79. The molecular formula is C12H25N3. The average molecular weight is 211 g/mol. The number of nitrogens with one attached hydrogen (secondary N) is 1. The Balaban J connectivity index is 1.90. The van der Waals surface area contributed by atoms with Crippen LogP contribution >= 0.6 is 0 Å². The van der Waals surface area contributed by atoms with Gasteiger partial charge < -0.3 is 10.2 Å². The minimum Gasteiger partial charge on any atom is -0.315 e. The largest absolute Gasteiger partial charge is 0.315 e. The van der Waals surface area contributed by atoms with Crippen LogP contribution in [0.3, 0.4) is 0 Å². The van der Waals surface area contributed by atoms with Crippen LogP contribution in [-0.2, 0) is 0 Å². The Morgan fingerprint density at radius 3 is 2.80 bits per heavy atom. The third-order valence-electron chi connectivity index (χ3n) is 3.99. The molecule has 0 aromatic rings. The monoisotopic (exact) mass is 211 g/mol. The second kappa shape index (κ2) is 5.28. The van der Waals surface area contributed by atoms with E-state index in [4.69, 9.17) is 0 Å². The molecule has 2 aliphatic heterocycles. The molecule has 0 amide bonds. The van der Waals surface area contributed by atoms with E-state index in [9.17, 15) is 0 Å². The van der Waals surface area contributed by atoms with E-state index in [0.717, 1.165) is 12.1 Å². The van der Waals surface area contributed by atoms with Crippen molar-refractivity contribution in [3.8, 4) is 0 Å². The van der Waals surface area contributed by atoms with E-state index in [-0.39, 0.29) is 0 Å². The first-order valence-electron chi connectivity index (χ1n) is 6.42. The number of hydrogen-bond acceptors (Lipinski definition) is 3. The van der Waals surface area contributed by atoms with Gasteiger partial charge in [-0.3, -0.25) is 4.90 Å². The Labute approximate surface area is 93.8 Å². The first-order valence-corrected chi connectivity index (χ1v) is 6.42. The highest BCUT2D eigenvalue weighted by molar-refractivity contribution is 4.83. The van der Waals surface area contributed by atoms with Crippen molar-refractivity contribution in [1.82, 2.24) is 15.1 Å². The number of nitrogens with zero attached hydrogens (tertiary/aromatic N) is 2. The molecule has 0 radical (unpaired) electrons. The van der Waals surface area contributed by atoms with Gasteiger partial charge in [0.25, 0.3) is 0 Å². The molecule has 3 nitrogen and oxygen atoms in total. The summed E-state index contributed by atoms with van der Waals surface area (Å²) in [5.41, 5.74) is 0. The second-order valence-corrected chi connectivity index (χ2v) is 5.18. The minimum absolute atomic E-state index is 0.717. The summed E-state index contributed by atoms with van der Waals surface area (Å²) in [4.78, 5) is 5.20. The summed E-state index contributed by atoms with van der Waals surface area (Å²) in [6.07, 6.45) is 4.08. The van der Waals surface area contributed by atoms with E-state index in [0.29, 0.717) is 0 Å². The van der Waals surface area contributed by atoms with E-state index in [1.807, 2.05) is 0 Å². The van der Waals surface area contributed by atoms with E-state index >= 15 is 0 Å². The molecule has 2 saturated heterocycles. The van der Waals surface area contributed by atoms with Crippen molar-refractivity contribution in [3.63, 3.8) is 0 Å². The van der Waals surface area contributed by atoms with Crippen LogP contribution in [0.4, 0.5) is 0 Å². The maximum atomic E-state index is 3.52. The van der Waals surface area contributed by atoms with Gasteiger partial charge in [0.2, 0.25) is 0 Å². The summed E-state index contributed by atoms with van der Waals surface area (Å²) >= 11 is 0. The van der Waals surface area contributed by atoms with Gasteiger partial charge in [-0.2, -0.15) is 0 Å². The van der Waals surface area contributed by atoms with Crippen LogP contribution in [0.2, 0.25) is 0 Å². The van der Waals surface area contributed by atoms with Gasteiger partial charge in [-0.1, -0.05) is 0 Å². The van der Waals surface area contributed by atoms with Crippen molar-refractivity contribution < 1.29 is 0 Å². The van der Waals surface area contributed by atoms with Gasteiger partial charge in [-0.25, -0.2) is 0 Å².